The molecule has 0 radical (unpaired) electrons. The van der Waals surface area contributed by atoms with Crippen LogP contribution in [0.3, 0.4) is 0 Å². The number of rotatable bonds is 2. The fourth-order valence-electron chi connectivity index (χ4n) is 2.56. The average molecular weight is 233 g/mol. The van der Waals surface area contributed by atoms with Crippen molar-refractivity contribution in [3.05, 3.63) is 23.8 Å². The molecule has 0 saturated heterocycles. The highest BCUT2D eigenvalue weighted by Gasteiger charge is 2.34. The van der Waals surface area contributed by atoms with E-state index in [1.807, 2.05) is 12.1 Å². The van der Waals surface area contributed by atoms with Gasteiger partial charge in [0.15, 0.2) is 11.5 Å². The van der Waals surface area contributed by atoms with Gasteiger partial charge in [-0.2, -0.15) is 0 Å². The van der Waals surface area contributed by atoms with Crippen LogP contribution in [0.4, 0.5) is 0 Å². The zero-order valence-corrected chi connectivity index (χ0v) is 10.4. The predicted octanol–water partition coefficient (Wildman–Crippen LogP) is 2.27. The van der Waals surface area contributed by atoms with Gasteiger partial charge in [0.1, 0.15) is 11.7 Å². The fraction of sp³-hybridized carbons (Fsp3) is 0.571. The quantitative estimate of drug-likeness (QED) is 0.852. The number of hydrogen-bond donors (Lipinski definition) is 1. The molecule has 1 aliphatic carbocycles. The van der Waals surface area contributed by atoms with Crippen molar-refractivity contribution in [1.29, 1.82) is 0 Å². The average Bonchev–Trinajstić information content (AvgIpc) is 2.51. The summed E-state index contributed by atoms with van der Waals surface area (Å²) in [5.74, 6) is 1.81. The zero-order chi connectivity index (χ0) is 12.0. The van der Waals surface area contributed by atoms with Crippen LogP contribution in [-0.4, -0.2) is 17.7 Å². The minimum Gasteiger partial charge on any atom is -0.486 e. The first kappa shape index (κ1) is 10.9. The summed E-state index contributed by atoms with van der Waals surface area (Å²) >= 11 is 0. The van der Waals surface area contributed by atoms with E-state index in [2.05, 4.69) is 19.9 Å². The summed E-state index contributed by atoms with van der Waals surface area (Å²) < 4.78 is 11.9. The van der Waals surface area contributed by atoms with Crippen molar-refractivity contribution in [2.24, 2.45) is 5.73 Å². The molecule has 0 unspecified atom stereocenters. The van der Waals surface area contributed by atoms with E-state index in [4.69, 9.17) is 15.2 Å². The van der Waals surface area contributed by atoms with Gasteiger partial charge in [-0.25, -0.2) is 0 Å². The van der Waals surface area contributed by atoms with Crippen LogP contribution in [0.1, 0.15) is 32.3 Å². The number of ether oxygens (including phenoxy) is 2. The van der Waals surface area contributed by atoms with Crippen LogP contribution in [0, 0.1) is 0 Å². The number of hydrogen-bond acceptors (Lipinski definition) is 3. The van der Waals surface area contributed by atoms with Crippen LogP contribution >= 0.6 is 0 Å². The van der Waals surface area contributed by atoms with Crippen LogP contribution in [0.5, 0.6) is 11.5 Å². The summed E-state index contributed by atoms with van der Waals surface area (Å²) in [5, 5.41) is 0. The van der Waals surface area contributed by atoms with Gasteiger partial charge in [0.05, 0.1) is 0 Å². The minimum absolute atomic E-state index is 0.113. The molecule has 0 bridgehead atoms. The van der Waals surface area contributed by atoms with E-state index >= 15 is 0 Å². The SMILES string of the molecule is CC1(C)Cc2cccc(OC3CC(N)C3)c2O1. The Kier molecular flexibility index (Phi) is 2.33. The molecule has 0 atom stereocenters. The Bertz CT molecular complexity index is 436. The smallest absolute Gasteiger partial charge is 0.165 e. The molecule has 3 rings (SSSR count). The molecule has 1 heterocycles. The van der Waals surface area contributed by atoms with E-state index in [0.29, 0.717) is 6.04 Å². The second-order valence-corrected chi connectivity index (χ2v) is 5.75. The molecule has 17 heavy (non-hydrogen) atoms. The van der Waals surface area contributed by atoms with Crippen molar-refractivity contribution in [2.45, 2.75) is 50.9 Å². The Morgan fingerprint density at radius 2 is 2.12 bits per heavy atom. The minimum atomic E-state index is -0.113. The first-order valence-corrected chi connectivity index (χ1v) is 6.27. The van der Waals surface area contributed by atoms with E-state index in [-0.39, 0.29) is 11.7 Å². The van der Waals surface area contributed by atoms with Crippen molar-refractivity contribution < 1.29 is 9.47 Å². The van der Waals surface area contributed by atoms with Gasteiger partial charge in [-0.05, 0) is 32.8 Å². The van der Waals surface area contributed by atoms with Crippen molar-refractivity contribution in [1.82, 2.24) is 0 Å². The second kappa shape index (κ2) is 3.64. The van der Waals surface area contributed by atoms with Crippen molar-refractivity contribution in [2.75, 3.05) is 0 Å². The Labute approximate surface area is 102 Å². The number of fused-ring (bicyclic) bond motifs is 1. The molecule has 2 N–H and O–H groups in total. The lowest BCUT2D eigenvalue weighted by Crippen LogP contribution is -2.43. The summed E-state index contributed by atoms with van der Waals surface area (Å²) in [4.78, 5) is 0. The molecule has 1 fully saturated rings. The van der Waals surface area contributed by atoms with Gasteiger partial charge in [0, 0.05) is 18.0 Å². The van der Waals surface area contributed by atoms with E-state index < -0.39 is 0 Å². The Morgan fingerprint density at radius 3 is 2.82 bits per heavy atom. The summed E-state index contributed by atoms with van der Waals surface area (Å²) in [7, 11) is 0. The monoisotopic (exact) mass is 233 g/mol. The van der Waals surface area contributed by atoms with Gasteiger partial charge in [0.25, 0.3) is 0 Å². The number of benzene rings is 1. The zero-order valence-electron chi connectivity index (χ0n) is 10.4. The third kappa shape index (κ3) is 2.00. The molecule has 1 saturated carbocycles. The van der Waals surface area contributed by atoms with Gasteiger partial charge < -0.3 is 15.2 Å². The first-order chi connectivity index (χ1) is 8.03. The molecule has 1 aliphatic heterocycles. The van der Waals surface area contributed by atoms with Gasteiger partial charge in [-0.3, -0.25) is 0 Å². The summed E-state index contributed by atoms with van der Waals surface area (Å²) in [6.45, 7) is 4.21. The molecule has 0 aromatic heterocycles. The van der Waals surface area contributed by atoms with Crippen molar-refractivity contribution in [3.8, 4) is 11.5 Å². The third-order valence-electron chi connectivity index (χ3n) is 3.48. The standard InChI is InChI=1S/C14H19NO2/c1-14(2)8-9-4-3-5-12(13(9)17-14)16-11-6-10(15)7-11/h3-5,10-11H,6-8,15H2,1-2H3. The summed E-state index contributed by atoms with van der Waals surface area (Å²) in [5.41, 5.74) is 6.90. The van der Waals surface area contributed by atoms with E-state index in [9.17, 15) is 0 Å². The predicted molar refractivity (Wildman–Crippen MR) is 66.5 cm³/mol. The van der Waals surface area contributed by atoms with Crippen LogP contribution in [0.15, 0.2) is 18.2 Å². The lowest BCUT2D eigenvalue weighted by atomic mass is 9.90. The first-order valence-electron chi connectivity index (χ1n) is 6.27. The lowest BCUT2D eigenvalue weighted by molar-refractivity contribution is 0.0863. The molecule has 1 aromatic rings. The highest BCUT2D eigenvalue weighted by Crippen LogP contribution is 2.43. The van der Waals surface area contributed by atoms with Crippen molar-refractivity contribution >= 4 is 0 Å². The lowest BCUT2D eigenvalue weighted by Gasteiger charge is -2.33. The topological polar surface area (TPSA) is 44.5 Å². The molecular weight excluding hydrogens is 214 g/mol. The van der Waals surface area contributed by atoms with Crippen LogP contribution in [0.25, 0.3) is 0 Å². The summed E-state index contributed by atoms with van der Waals surface area (Å²) in [6, 6.07) is 6.46. The third-order valence-corrected chi connectivity index (χ3v) is 3.48. The molecule has 0 amide bonds. The van der Waals surface area contributed by atoms with Crippen LogP contribution in [0.2, 0.25) is 0 Å². The van der Waals surface area contributed by atoms with E-state index in [0.717, 1.165) is 30.8 Å². The number of nitrogens with two attached hydrogens (primary N) is 1. The molecule has 0 spiro atoms. The van der Waals surface area contributed by atoms with Gasteiger partial charge in [0.2, 0.25) is 0 Å². The Morgan fingerprint density at radius 1 is 1.35 bits per heavy atom. The second-order valence-electron chi connectivity index (χ2n) is 5.75. The maximum atomic E-state index is 5.97. The van der Waals surface area contributed by atoms with Crippen LogP contribution < -0.4 is 15.2 Å². The van der Waals surface area contributed by atoms with Crippen LogP contribution in [-0.2, 0) is 6.42 Å². The molecular formula is C14H19NO2. The molecule has 92 valence electrons. The van der Waals surface area contributed by atoms with Crippen molar-refractivity contribution in [3.63, 3.8) is 0 Å². The van der Waals surface area contributed by atoms with E-state index in [1.165, 1.54) is 5.56 Å². The maximum Gasteiger partial charge on any atom is 0.165 e. The van der Waals surface area contributed by atoms with Gasteiger partial charge in [-0.1, -0.05) is 12.1 Å². The Balaban J connectivity index is 1.80. The van der Waals surface area contributed by atoms with E-state index in [1.54, 1.807) is 0 Å². The van der Waals surface area contributed by atoms with Gasteiger partial charge in [-0.15, -0.1) is 0 Å². The Hall–Kier alpha value is -1.22. The molecule has 1 aromatic carbocycles. The molecule has 3 heteroatoms. The highest BCUT2D eigenvalue weighted by atomic mass is 16.5. The molecule has 3 nitrogen and oxygen atoms in total. The largest absolute Gasteiger partial charge is 0.486 e. The van der Waals surface area contributed by atoms with Gasteiger partial charge >= 0.3 is 0 Å². The highest BCUT2D eigenvalue weighted by molar-refractivity contribution is 5.50. The normalized spacial score (nSPS) is 29.1. The number of para-hydroxylation sites is 1. The summed E-state index contributed by atoms with van der Waals surface area (Å²) in [6.07, 6.45) is 3.12. The fourth-order valence-corrected chi connectivity index (χ4v) is 2.56. The maximum absolute atomic E-state index is 5.97. The molecule has 2 aliphatic rings.